The van der Waals surface area contributed by atoms with Crippen molar-refractivity contribution in [3.05, 3.63) is 65.9 Å². The lowest BCUT2D eigenvalue weighted by molar-refractivity contribution is -0.112. The molecule has 0 bridgehead atoms. The Morgan fingerprint density at radius 1 is 1.00 bits per heavy atom. The van der Waals surface area contributed by atoms with Crippen molar-refractivity contribution in [3.63, 3.8) is 0 Å². The van der Waals surface area contributed by atoms with Crippen LogP contribution in [0.1, 0.15) is 12.5 Å². The van der Waals surface area contributed by atoms with Crippen LogP contribution in [0.3, 0.4) is 0 Å². The maximum Gasteiger partial charge on any atom is 0.254 e. The van der Waals surface area contributed by atoms with E-state index in [-0.39, 0.29) is 5.91 Å². The molecule has 0 aliphatic rings. The van der Waals surface area contributed by atoms with E-state index in [4.69, 9.17) is 9.47 Å². The number of rotatable bonds is 5. The predicted molar refractivity (Wildman–Crippen MR) is 87.2 cm³/mol. The summed E-state index contributed by atoms with van der Waals surface area (Å²) < 4.78 is 10.5. The number of carbonyl (C=O) groups is 1. The van der Waals surface area contributed by atoms with Crippen LogP contribution < -0.4 is 14.8 Å². The number of ether oxygens (including phenoxy) is 2. The fourth-order valence-corrected chi connectivity index (χ4v) is 1.73. The number of amides is 1. The summed E-state index contributed by atoms with van der Waals surface area (Å²) in [4.78, 5) is 12.1. The molecular formula is C18H19NO3. The number of nitrogens with one attached hydrogen (secondary N) is 1. The fourth-order valence-electron chi connectivity index (χ4n) is 1.73. The van der Waals surface area contributed by atoms with E-state index in [1.54, 1.807) is 38.3 Å². The van der Waals surface area contributed by atoms with Crippen LogP contribution >= 0.6 is 0 Å². The fraction of sp³-hybridized carbons (Fsp3) is 0.167. The summed E-state index contributed by atoms with van der Waals surface area (Å²) in [5.74, 6) is 1.23. The molecule has 1 amide bonds. The SMILES string of the molecule is COc1ccc(NC(=O)C(C)=COc2ccc(C)cc2)cc1. The van der Waals surface area contributed by atoms with Gasteiger partial charge in [-0.05, 0) is 50.2 Å². The van der Waals surface area contributed by atoms with Crippen molar-refractivity contribution in [1.29, 1.82) is 0 Å². The summed E-state index contributed by atoms with van der Waals surface area (Å²) in [5.41, 5.74) is 2.34. The van der Waals surface area contributed by atoms with Crippen LogP contribution in [0.15, 0.2) is 60.4 Å². The van der Waals surface area contributed by atoms with Gasteiger partial charge >= 0.3 is 0 Å². The second-order valence-electron chi connectivity index (χ2n) is 4.91. The van der Waals surface area contributed by atoms with Gasteiger partial charge in [0, 0.05) is 11.3 Å². The summed E-state index contributed by atoms with van der Waals surface area (Å²) in [6, 6.07) is 14.8. The summed E-state index contributed by atoms with van der Waals surface area (Å²) >= 11 is 0. The molecule has 114 valence electrons. The first-order valence-corrected chi connectivity index (χ1v) is 6.94. The minimum absolute atomic E-state index is 0.211. The summed E-state index contributed by atoms with van der Waals surface area (Å²) in [6.45, 7) is 3.71. The Labute approximate surface area is 130 Å². The van der Waals surface area contributed by atoms with Crippen molar-refractivity contribution in [2.75, 3.05) is 12.4 Å². The van der Waals surface area contributed by atoms with E-state index in [0.29, 0.717) is 17.0 Å². The minimum Gasteiger partial charge on any atom is -0.497 e. The second kappa shape index (κ2) is 7.31. The lowest BCUT2D eigenvalue weighted by Gasteiger charge is -2.07. The summed E-state index contributed by atoms with van der Waals surface area (Å²) in [5, 5.41) is 2.80. The highest BCUT2D eigenvalue weighted by atomic mass is 16.5. The van der Waals surface area contributed by atoms with Gasteiger partial charge in [-0.2, -0.15) is 0 Å². The van der Waals surface area contributed by atoms with Gasteiger partial charge in [0.25, 0.3) is 5.91 Å². The largest absolute Gasteiger partial charge is 0.497 e. The molecule has 2 aromatic rings. The van der Waals surface area contributed by atoms with E-state index in [2.05, 4.69) is 5.32 Å². The number of carbonyl (C=O) groups excluding carboxylic acids is 1. The molecule has 0 fully saturated rings. The molecule has 0 saturated heterocycles. The first kappa shape index (κ1) is 15.6. The molecule has 0 heterocycles. The van der Waals surface area contributed by atoms with Crippen LogP contribution in [0.25, 0.3) is 0 Å². The monoisotopic (exact) mass is 297 g/mol. The maximum absolute atomic E-state index is 12.1. The van der Waals surface area contributed by atoms with E-state index >= 15 is 0 Å². The Balaban J connectivity index is 1.95. The van der Waals surface area contributed by atoms with Gasteiger partial charge in [0.1, 0.15) is 11.5 Å². The number of methoxy groups -OCH3 is 1. The summed E-state index contributed by atoms with van der Waals surface area (Å²) in [6.07, 6.45) is 1.45. The van der Waals surface area contributed by atoms with E-state index in [1.807, 2.05) is 31.2 Å². The molecule has 0 aliphatic carbocycles. The Kier molecular flexibility index (Phi) is 5.20. The molecule has 2 aromatic carbocycles. The van der Waals surface area contributed by atoms with Crippen LogP contribution in [0.5, 0.6) is 11.5 Å². The molecule has 0 spiro atoms. The highest BCUT2D eigenvalue weighted by molar-refractivity contribution is 6.03. The van der Waals surface area contributed by atoms with Gasteiger partial charge in [0.05, 0.1) is 13.4 Å². The number of benzene rings is 2. The topological polar surface area (TPSA) is 47.6 Å². The normalized spacial score (nSPS) is 11.0. The molecule has 0 atom stereocenters. The molecule has 22 heavy (non-hydrogen) atoms. The predicted octanol–water partition coefficient (Wildman–Crippen LogP) is 3.92. The van der Waals surface area contributed by atoms with Crippen LogP contribution in [0.2, 0.25) is 0 Å². The molecule has 0 unspecified atom stereocenters. The maximum atomic E-state index is 12.1. The molecule has 0 radical (unpaired) electrons. The highest BCUT2D eigenvalue weighted by Crippen LogP contribution is 2.16. The zero-order chi connectivity index (χ0) is 15.9. The lowest BCUT2D eigenvalue weighted by atomic mass is 10.2. The Morgan fingerprint density at radius 2 is 1.59 bits per heavy atom. The van der Waals surface area contributed by atoms with E-state index in [1.165, 1.54) is 6.26 Å². The van der Waals surface area contributed by atoms with Gasteiger partial charge in [-0.1, -0.05) is 17.7 Å². The third-order valence-electron chi connectivity index (χ3n) is 3.10. The molecule has 4 nitrogen and oxygen atoms in total. The molecule has 4 heteroatoms. The Bertz CT molecular complexity index is 658. The van der Waals surface area contributed by atoms with E-state index in [9.17, 15) is 4.79 Å². The van der Waals surface area contributed by atoms with Crippen molar-refractivity contribution in [1.82, 2.24) is 0 Å². The number of anilines is 1. The molecule has 0 saturated carbocycles. The third kappa shape index (κ3) is 4.38. The van der Waals surface area contributed by atoms with Gasteiger partial charge in [-0.15, -0.1) is 0 Å². The quantitative estimate of drug-likeness (QED) is 0.672. The Morgan fingerprint density at radius 3 is 2.18 bits per heavy atom. The number of hydrogen-bond donors (Lipinski definition) is 1. The van der Waals surface area contributed by atoms with Crippen LogP contribution in [0, 0.1) is 6.92 Å². The third-order valence-corrected chi connectivity index (χ3v) is 3.10. The molecule has 0 aromatic heterocycles. The number of aryl methyl sites for hydroxylation is 1. The average molecular weight is 297 g/mol. The highest BCUT2D eigenvalue weighted by Gasteiger charge is 2.05. The minimum atomic E-state index is -0.211. The van der Waals surface area contributed by atoms with Crippen molar-refractivity contribution >= 4 is 11.6 Å². The first-order valence-electron chi connectivity index (χ1n) is 6.94. The van der Waals surface area contributed by atoms with Gasteiger partial charge < -0.3 is 14.8 Å². The first-order chi connectivity index (χ1) is 10.6. The lowest BCUT2D eigenvalue weighted by Crippen LogP contribution is -2.13. The van der Waals surface area contributed by atoms with Gasteiger partial charge in [-0.25, -0.2) is 0 Å². The van der Waals surface area contributed by atoms with Crippen molar-refractivity contribution in [2.24, 2.45) is 0 Å². The van der Waals surface area contributed by atoms with E-state index < -0.39 is 0 Å². The average Bonchev–Trinajstić information content (AvgIpc) is 2.54. The van der Waals surface area contributed by atoms with Crippen LogP contribution in [0.4, 0.5) is 5.69 Å². The van der Waals surface area contributed by atoms with Gasteiger partial charge in [0.2, 0.25) is 0 Å². The molecule has 1 N–H and O–H groups in total. The zero-order valence-electron chi connectivity index (χ0n) is 12.9. The number of hydrogen-bond acceptors (Lipinski definition) is 3. The van der Waals surface area contributed by atoms with Crippen molar-refractivity contribution in [2.45, 2.75) is 13.8 Å². The molecular weight excluding hydrogens is 278 g/mol. The van der Waals surface area contributed by atoms with Gasteiger partial charge in [-0.3, -0.25) is 4.79 Å². The summed E-state index contributed by atoms with van der Waals surface area (Å²) in [7, 11) is 1.60. The van der Waals surface area contributed by atoms with E-state index in [0.717, 1.165) is 11.3 Å². The molecule has 2 rings (SSSR count). The second-order valence-corrected chi connectivity index (χ2v) is 4.91. The standard InChI is InChI=1S/C18H19NO3/c1-13-4-8-17(9-5-13)22-12-14(2)18(20)19-15-6-10-16(21-3)11-7-15/h4-12H,1-3H3,(H,19,20). The smallest absolute Gasteiger partial charge is 0.254 e. The Hall–Kier alpha value is -2.75. The van der Waals surface area contributed by atoms with Crippen LogP contribution in [-0.4, -0.2) is 13.0 Å². The molecule has 0 aliphatic heterocycles. The van der Waals surface area contributed by atoms with Crippen LogP contribution in [-0.2, 0) is 4.79 Å². The van der Waals surface area contributed by atoms with Crippen molar-refractivity contribution in [3.8, 4) is 11.5 Å². The van der Waals surface area contributed by atoms with Crippen molar-refractivity contribution < 1.29 is 14.3 Å². The van der Waals surface area contributed by atoms with Gasteiger partial charge in [0.15, 0.2) is 0 Å². The zero-order valence-corrected chi connectivity index (χ0v) is 12.9.